The van der Waals surface area contributed by atoms with Crippen LogP contribution in [0.2, 0.25) is 0 Å². The summed E-state index contributed by atoms with van der Waals surface area (Å²) in [5, 5.41) is 10.1. The Morgan fingerprint density at radius 1 is 0.776 bits per heavy atom. The van der Waals surface area contributed by atoms with Crippen molar-refractivity contribution in [3.63, 3.8) is 0 Å². The number of aliphatic imine (C=N–C) groups is 1. The van der Waals surface area contributed by atoms with Crippen LogP contribution in [0, 0.1) is 0 Å². The largest absolute Gasteiger partial charge is 0.370 e. The smallest absolute Gasteiger partial charge is 0.254 e. The number of rotatable bonds is 15. The Morgan fingerprint density at radius 3 is 2.24 bits per heavy atom. The summed E-state index contributed by atoms with van der Waals surface area (Å²) in [4.78, 5) is 46.5. The Labute approximate surface area is 286 Å². The molecule has 0 heterocycles. The maximum atomic E-state index is 14.2. The number of hydrogen-bond donors (Lipinski definition) is 5. The fraction of sp³-hybridized carbons (Fsp3) is 0.231. The van der Waals surface area contributed by atoms with Crippen LogP contribution < -0.4 is 27.8 Å². The summed E-state index contributed by atoms with van der Waals surface area (Å²) in [6.45, 7) is 0.534. The third-order valence-electron chi connectivity index (χ3n) is 8.39. The predicted octanol–water partition coefficient (Wildman–Crippen LogP) is 3.86. The third-order valence-corrected chi connectivity index (χ3v) is 8.39. The molecular formula is C39H43N7O3. The summed E-state index contributed by atoms with van der Waals surface area (Å²) < 4.78 is 0. The summed E-state index contributed by atoms with van der Waals surface area (Å²) in [5.41, 5.74) is 19.5. The van der Waals surface area contributed by atoms with Crippen LogP contribution in [0.15, 0.2) is 120 Å². The second-order valence-corrected chi connectivity index (χ2v) is 12.1. The van der Waals surface area contributed by atoms with E-state index in [4.69, 9.17) is 17.2 Å². The van der Waals surface area contributed by atoms with Crippen molar-refractivity contribution in [1.29, 1.82) is 0 Å². The van der Waals surface area contributed by atoms with Crippen molar-refractivity contribution in [2.24, 2.45) is 22.2 Å². The number of nitrogens with two attached hydrogens (primary N) is 3. The van der Waals surface area contributed by atoms with Gasteiger partial charge in [-0.15, -0.1) is 0 Å². The Morgan fingerprint density at radius 2 is 1.47 bits per heavy atom. The molecule has 5 aromatic carbocycles. The quantitative estimate of drug-likeness (QED) is 0.0651. The number of carbonyl (C=O) groups is 3. The van der Waals surface area contributed by atoms with Crippen molar-refractivity contribution in [2.45, 2.75) is 37.9 Å². The molecule has 0 spiro atoms. The first-order valence-electron chi connectivity index (χ1n) is 16.4. The molecule has 0 aliphatic rings. The van der Waals surface area contributed by atoms with Gasteiger partial charge in [-0.2, -0.15) is 0 Å². The fourth-order valence-electron chi connectivity index (χ4n) is 5.88. The van der Waals surface area contributed by atoms with Crippen LogP contribution in [0.3, 0.4) is 0 Å². The van der Waals surface area contributed by atoms with E-state index in [1.54, 1.807) is 6.07 Å². The van der Waals surface area contributed by atoms with Crippen LogP contribution in [0.5, 0.6) is 0 Å². The van der Waals surface area contributed by atoms with Gasteiger partial charge in [-0.25, -0.2) is 0 Å². The minimum atomic E-state index is -0.805. The van der Waals surface area contributed by atoms with Gasteiger partial charge in [0, 0.05) is 25.2 Å². The standard InChI is InChI=1S/C39H43N7O3/c40-35(18-9-21-43-39(41)42)37(48)45-33(22-27-10-2-1-3-11-27)25-46(38(49)31-20-19-28-12-4-5-14-30(28)23-31)26-36(47)44-24-32-16-8-15-29-13-6-7-17-34(29)32/h1-8,10-17,19-20,23,33,35H,9,18,21-22,24-26,40H2,(H,44,47)(H,45,48)(H4,41,42,43)/t33-,35-/m0/s1. The van der Waals surface area contributed by atoms with E-state index in [0.717, 1.165) is 32.7 Å². The van der Waals surface area contributed by atoms with Gasteiger partial charge in [0.25, 0.3) is 5.91 Å². The summed E-state index contributed by atoms with van der Waals surface area (Å²) in [6, 6.07) is 35.6. The molecule has 5 aromatic rings. The molecule has 0 radical (unpaired) electrons. The van der Waals surface area contributed by atoms with Crippen molar-refractivity contribution in [1.82, 2.24) is 15.5 Å². The lowest BCUT2D eigenvalue weighted by Crippen LogP contribution is -2.52. The van der Waals surface area contributed by atoms with E-state index < -0.39 is 12.1 Å². The molecule has 5 rings (SSSR count). The molecule has 2 atom stereocenters. The molecular weight excluding hydrogens is 614 g/mol. The maximum Gasteiger partial charge on any atom is 0.254 e. The highest BCUT2D eigenvalue weighted by molar-refractivity contribution is 6.00. The van der Waals surface area contributed by atoms with Crippen LogP contribution in [0.1, 0.15) is 34.3 Å². The normalized spacial score (nSPS) is 12.2. The lowest BCUT2D eigenvalue weighted by molar-refractivity contribution is -0.123. The van der Waals surface area contributed by atoms with Crippen LogP contribution in [-0.2, 0) is 22.6 Å². The van der Waals surface area contributed by atoms with Gasteiger partial charge in [-0.1, -0.05) is 103 Å². The fourth-order valence-corrected chi connectivity index (χ4v) is 5.88. The number of fused-ring (bicyclic) bond motifs is 2. The van der Waals surface area contributed by atoms with Gasteiger partial charge in [0.15, 0.2) is 5.96 Å². The summed E-state index contributed by atoms with van der Waals surface area (Å²) in [7, 11) is 0. The number of nitrogens with one attached hydrogen (secondary N) is 2. The molecule has 3 amide bonds. The molecule has 0 saturated carbocycles. The first kappa shape index (κ1) is 34.6. The Bertz CT molecular complexity index is 1920. The van der Waals surface area contributed by atoms with E-state index in [1.165, 1.54) is 4.90 Å². The molecule has 0 aromatic heterocycles. The minimum absolute atomic E-state index is 0.0155. The van der Waals surface area contributed by atoms with Gasteiger partial charge in [-0.05, 0) is 64.1 Å². The molecule has 0 fully saturated rings. The second kappa shape index (κ2) is 16.9. The van der Waals surface area contributed by atoms with Crippen molar-refractivity contribution >= 4 is 45.2 Å². The predicted molar refractivity (Wildman–Crippen MR) is 196 cm³/mol. The molecule has 8 N–H and O–H groups in total. The number of nitrogens with zero attached hydrogens (tertiary/aromatic N) is 2. The van der Waals surface area contributed by atoms with Crippen LogP contribution in [-0.4, -0.2) is 60.3 Å². The van der Waals surface area contributed by atoms with E-state index in [1.807, 2.05) is 109 Å². The van der Waals surface area contributed by atoms with E-state index in [-0.39, 0.29) is 36.8 Å². The maximum absolute atomic E-state index is 14.2. The summed E-state index contributed by atoms with van der Waals surface area (Å²) in [5.74, 6) is -1.01. The van der Waals surface area contributed by atoms with E-state index in [0.29, 0.717) is 37.9 Å². The van der Waals surface area contributed by atoms with Gasteiger partial charge < -0.3 is 32.7 Å². The highest BCUT2D eigenvalue weighted by Gasteiger charge is 2.26. The summed E-state index contributed by atoms with van der Waals surface area (Å²) in [6.07, 6.45) is 1.32. The zero-order chi connectivity index (χ0) is 34.6. The Kier molecular flexibility index (Phi) is 11.9. The van der Waals surface area contributed by atoms with Crippen molar-refractivity contribution < 1.29 is 14.4 Å². The first-order valence-corrected chi connectivity index (χ1v) is 16.4. The second-order valence-electron chi connectivity index (χ2n) is 12.1. The molecule has 0 unspecified atom stereocenters. The molecule has 10 heteroatoms. The zero-order valence-corrected chi connectivity index (χ0v) is 27.4. The third kappa shape index (κ3) is 9.88. The number of carbonyl (C=O) groups excluding carboxylic acids is 3. The lowest BCUT2D eigenvalue weighted by Gasteiger charge is -2.29. The van der Waals surface area contributed by atoms with Crippen LogP contribution >= 0.6 is 0 Å². The van der Waals surface area contributed by atoms with Gasteiger partial charge in [0.1, 0.15) is 0 Å². The summed E-state index contributed by atoms with van der Waals surface area (Å²) >= 11 is 0. The Balaban J connectivity index is 1.37. The van der Waals surface area contributed by atoms with Crippen LogP contribution in [0.25, 0.3) is 21.5 Å². The lowest BCUT2D eigenvalue weighted by atomic mass is 10.0. The topological polar surface area (TPSA) is 169 Å². The van der Waals surface area contributed by atoms with Gasteiger partial charge in [0.2, 0.25) is 11.8 Å². The van der Waals surface area contributed by atoms with E-state index in [9.17, 15) is 14.4 Å². The average Bonchev–Trinajstić information content (AvgIpc) is 3.11. The van der Waals surface area contributed by atoms with E-state index >= 15 is 0 Å². The van der Waals surface area contributed by atoms with Gasteiger partial charge in [-0.3, -0.25) is 19.4 Å². The number of guanidine groups is 1. The SMILES string of the molecule is NC(N)=NCCC[C@H](N)C(=O)N[C@@H](Cc1ccccc1)CN(CC(=O)NCc1cccc2ccccc12)C(=O)c1ccc2ccccc2c1. The van der Waals surface area contributed by atoms with Gasteiger partial charge >= 0.3 is 0 Å². The van der Waals surface area contributed by atoms with Gasteiger partial charge in [0.05, 0.1) is 18.6 Å². The highest BCUT2D eigenvalue weighted by Crippen LogP contribution is 2.19. The van der Waals surface area contributed by atoms with E-state index in [2.05, 4.69) is 15.6 Å². The molecule has 0 aliphatic carbocycles. The first-order chi connectivity index (χ1) is 23.8. The number of hydrogen-bond acceptors (Lipinski definition) is 5. The molecule has 0 aliphatic heterocycles. The highest BCUT2D eigenvalue weighted by atomic mass is 16.2. The number of benzene rings is 5. The van der Waals surface area contributed by atoms with Crippen molar-refractivity contribution in [3.8, 4) is 0 Å². The molecule has 0 bridgehead atoms. The molecule has 252 valence electrons. The zero-order valence-electron chi connectivity index (χ0n) is 27.4. The monoisotopic (exact) mass is 657 g/mol. The van der Waals surface area contributed by atoms with Crippen molar-refractivity contribution in [2.75, 3.05) is 19.6 Å². The van der Waals surface area contributed by atoms with Crippen molar-refractivity contribution in [3.05, 3.63) is 132 Å². The average molecular weight is 658 g/mol. The van der Waals surface area contributed by atoms with Crippen LogP contribution in [0.4, 0.5) is 0 Å². The molecule has 49 heavy (non-hydrogen) atoms. The molecule has 0 saturated heterocycles. The minimum Gasteiger partial charge on any atom is -0.370 e. The number of amides is 3. The molecule has 10 nitrogen and oxygen atoms in total. The Hall–Kier alpha value is -5.74.